The van der Waals surface area contributed by atoms with Crippen molar-refractivity contribution in [2.45, 2.75) is 39.7 Å². The molecular formula is C17H25N7O. The molecule has 3 heterocycles. The molecule has 25 heavy (non-hydrogen) atoms. The summed E-state index contributed by atoms with van der Waals surface area (Å²) in [4.78, 5) is 29.9. The van der Waals surface area contributed by atoms with Crippen LogP contribution in [0, 0.1) is 6.92 Å². The minimum absolute atomic E-state index is 0.0758. The zero-order valence-electron chi connectivity index (χ0n) is 15.3. The Bertz CT molecular complexity index is 721. The molecule has 8 nitrogen and oxygen atoms in total. The van der Waals surface area contributed by atoms with Crippen LogP contribution < -0.4 is 4.90 Å². The van der Waals surface area contributed by atoms with Gasteiger partial charge in [-0.05, 0) is 13.8 Å². The van der Waals surface area contributed by atoms with Crippen molar-refractivity contribution in [2.75, 3.05) is 31.1 Å². The molecule has 1 aliphatic rings. The third kappa shape index (κ3) is 3.78. The summed E-state index contributed by atoms with van der Waals surface area (Å²) in [6, 6.07) is 1.68. The van der Waals surface area contributed by atoms with Crippen LogP contribution in [0.4, 0.5) is 5.82 Å². The molecule has 8 heteroatoms. The third-order valence-corrected chi connectivity index (χ3v) is 4.48. The third-order valence-electron chi connectivity index (χ3n) is 4.48. The molecule has 0 aromatic carbocycles. The van der Waals surface area contributed by atoms with Crippen molar-refractivity contribution in [1.29, 1.82) is 0 Å². The van der Waals surface area contributed by atoms with Crippen LogP contribution in [0.25, 0.3) is 0 Å². The van der Waals surface area contributed by atoms with E-state index in [1.807, 2.05) is 24.8 Å². The van der Waals surface area contributed by atoms with E-state index < -0.39 is 0 Å². The number of aromatic nitrogens is 5. The maximum Gasteiger partial charge on any atom is 0.247 e. The molecule has 2 aromatic rings. The minimum atomic E-state index is -0.331. The quantitative estimate of drug-likeness (QED) is 0.835. The van der Waals surface area contributed by atoms with Gasteiger partial charge < -0.3 is 9.80 Å². The summed E-state index contributed by atoms with van der Waals surface area (Å²) in [5.41, 5.74) is 0.979. The summed E-state index contributed by atoms with van der Waals surface area (Å²) in [7, 11) is 0. The molecular weight excluding hydrogens is 318 g/mol. The number of aryl methyl sites for hydroxylation is 1. The fraction of sp³-hybridized carbons (Fsp3) is 0.588. The summed E-state index contributed by atoms with van der Waals surface area (Å²) in [6.07, 6.45) is 3.03. The second-order valence-electron chi connectivity index (χ2n) is 6.74. The molecule has 0 saturated carbocycles. The number of rotatable bonds is 4. The second-order valence-corrected chi connectivity index (χ2v) is 6.74. The van der Waals surface area contributed by atoms with Gasteiger partial charge in [0.15, 0.2) is 0 Å². The second kappa shape index (κ2) is 7.16. The van der Waals surface area contributed by atoms with Crippen molar-refractivity contribution < 1.29 is 4.79 Å². The van der Waals surface area contributed by atoms with Crippen LogP contribution in [0.15, 0.2) is 18.7 Å². The van der Waals surface area contributed by atoms with Crippen LogP contribution >= 0.6 is 0 Å². The average molecular weight is 343 g/mol. The van der Waals surface area contributed by atoms with Gasteiger partial charge in [0.1, 0.15) is 30.3 Å². The van der Waals surface area contributed by atoms with Gasteiger partial charge in [-0.1, -0.05) is 13.8 Å². The van der Waals surface area contributed by atoms with E-state index in [0.29, 0.717) is 19.0 Å². The van der Waals surface area contributed by atoms with Gasteiger partial charge in [0, 0.05) is 43.9 Å². The van der Waals surface area contributed by atoms with Gasteiger partial charge >= 0.3 is 0 Å². The maximum absolute atomic E-state index is 12.6. The van der Waals surface area contributed by atoms with E-state index >= 15 is 0 Å². The molecule has 0 aliphatic carbocycles. The van der Waals surface area contributed by atoms with Crippen molar-refractivity contribution in [3.05, 3.63) is 30.2 Å². The van der Waals surface area contributed by atoms with E-state index in [4.69, 9.17) is 4.98 Å². The zero-order valence-corrected chi connectivity index (χ0v) is 15.3. The molecule has 1 aliphatic heterocycles. The molecule has 1 fully saturated rings. The number of carbonyl (C=O) groups is 1. The molecule has 1 amide bonds. The molecule has 1 atom stereocenters. The van der Waals surface area contributed by atoms with Crippen LogP contribution in [-0.2, 0) is 4.79 Å². The molecule has 0 bridgehead atoms. The average Bonchev–Trinajstić information content (AvgIpc) is 3.14. The fourth-order valence-corrected chi connectivity index (χ4v) is 2.95. The highest BCUT2D eigenvalue weighted by atomic mass is 16.2. The van der Waals surface area contributed by atoms with Crippen LogP contribution in [0.3, 0.4) is 0 Å². The van der Waals surface area contributed by atoms with Crippen LogP contribution in [0.2, 0.25) is 0 Å². The Balaban J connectivity index is 1.65. The summed E-state index contributed by atoms with van der Waals surface area (Å²) < 4.78 is 1.59. The highest BCUT2D eigenvalue weighted by molar-refractivity contribution is 5.80. The van der Waals surface area contributed by atoms with Crippen LogP contribution in [0.5, 0.6) is 0 Å². The Morgan fingerprint density at radius 3 is 2.44 bits per heavy atom. The van der Waals surface area contributed by atoms with Crippen molar-refractivity contribution >= 4 is 11.7 Å². The Morgan fingerprint density at radius 1 is 1.12 bits per heavy atom. The Morgan fingerprint density at radius 2 is 1.84 bits per heavy atom. The summed E-state index contributed by atoms with van der Waals surface area (Å²) in [5, 5.41) is 4.06. The molecule has 3 rings (SSSR count). The van der Waals surface area contributed by atoms with E-state index in [1.54, 1.807) is 11.0 Å². The summed E-state index contributed by atoms with van der Waals surface area (Å²) in [5.74, 6) is 2.19. The zero-order chi connectivity index (χ0) is 18.0. The molecule has 2 aromatic heterocycles. The maximum atomic E-state index is 12.6. The smallest absolute Gasteiger partial charge is 0.247 e. The number of carbonyl (C=O) groups excluding carboxylic acids is 1. The largest absolute Gasteiger partial charge is 0.353 e. The van der Waals surface area contributed by atoms with Crippen molar-refractivity contribution in [2.24, 2.45) is 0 Å². The topological polar surface area (TPSA) is 80.0 Å². The van der Waals surface area contributed by atoms with E-state index in [0.717, 1.165) is 30.4 Å². The molecule has 0 N–H and O–H groups in total. The van der Waals surface area contributed by atoms with E-state index in [1.165, 1.54) is 6.33 Å². The number of amides is 1. The van der Waals surface area contributed by atoms with Crippen LogP contribution in [0.1, 0.15) is 44.2 Å². The highest BCUT2D eigenvalue weighted by Crippen LogP contribution is 2.19. The number of nitrogens with zero attached hydrogens (tertiary/aromatic N) is 7. The molecule has 1 saturated heterocycles. The lowest BCUT2D eigenvalue weighted by molar-refractivity contribution is -0.134. The first-order valence-corrected chi connectivity index (χ1v) is 8.69. The van der Waals surface area contributed by atoms with Crippen molar-refractivity contribution in [3.63, 3.8) is 0 Å². The lowest BCUT2D eigenvalue weighted by Gasteiger charge is -2.36. The SMILES string of the molecule is Cc1cc(N2CCN(C(=O)[C@H](C)n3cncn3)CC2)nc(C(C)C)n1. The normalized spacial score (nSPS) is 16.4. The van der Waals surface area contributed by atoms with Gasteiger partial charge in [-0.25, -0.2) is 19.6 Å². The van der Waals surface area contributed by atoms with Gasteiger partial charge in [-0.2, -0.15) is 5.10 Å². The summed E-state index contributed by atoms with van der Waals surface area (Å²) >= 11 is 0. The first-order chi connectivity index (χ1) is 12.0. The molecule has 0 radical (unpaired) electrons. The lowest BCUT2D eigenvalue weighted by atomic mass is 10.2. The number of hydrogen-bond acceptors (Lipinski definition) is 6. The first kappa shape index (κ1) is 17.3. The van der Waals surface area contributed by atoms with E-state index in [2.05, 4.69) is 33.8 Å². The number of hydrogen-bond donors (Lipinski definition) is 0. The standard InChI is InChI=1S/C17H25N7O/c1-12(2)16-20-13(3)9-15(21-16)22-5-7-23(8-6-22)17(25)14(4)24-11-18-10-19-24/h9-12,14H,5-8H2,1-4H3/t14-/m0/s1. The van der Waals surface area contributed by atoms with Crippen molar-refractivity contribution in [1.82, 2.24) is 29.6 Å². The number of anilines is 1. The van der Waals surface area contributed by atoms with E-state index in [-0.39, 0.29) is 11.9 Å². The highest BCUT2D eigenvalue weighted by Gasteiger charge is 2.27. The molecule has 134 valence electrons. The number of piperazine rings is 1. The van der Waals surface area contributed by atoms with E-state index in [9.17, 15) is 4.79 Å². The Hall–Kier alpha value is -2.51. The monoisotopic (exact) mass is 343 g/mol. The van der Waals surface area contributed by atoms with Gasteiger partial charge in [0.2, 0.25) is 5.91 Å². The first-order valence-electron chi connectivity index (χ1n) is 8.69. The van der Waals surface area contributed by atoms with Gasteiger partial charge in [-0.15, -0.1) is 0 Å². The van der Waals surface area contributed by atoms with Gasteiger partial charge in [0.25, 0.3) is 0 Å². The fourth-order valence-electron chi connectivity index (χ4n) is 2.95. The minimum Gasteiger partial charge on any atom is -0.353 e. The van der Waals surface area contributed by atoms with Crippen molar-refractivity contribution in [3.8, 4) is 0 Å². The summed E-state index contributed by atoms with van der Waals surface area (Å²) in [6.45, 7) is 10.9. The predicted octanol–water partition coefficient (Wildman–Crippen LogP) is 1.41. The molecule has 0 unspecified atom stereocenters. The Kier molecular flexibility index (Phi) is 4.96. The Labute approximate surface area is 147 Å². The predicted molar refractivity (Wildman–Crippen MR) is 94.4 cm³/mol. The lowest BCUT2D eigenvalue weighted by Crippen LogP contribution is -2.50. The van der Waals surface area contributed by atoms with Gasteiger partial charge in [0.05, 0.1) is 0 Å². The molecule has 0 spiro atoms. The van der Waals surface area contributed by atoms with Crippen LogP contribution in [-0.4, -0.2) is 61.7 Å². The van der Waals surface area contributed by atoms with Gasteiger partial charge in [-0.3, -0.25) is 4.79 Å².